The van der Waals surface area contributed by atoms with Crippen LogP contribution in [-0.4, -0.2) is 45.9 Å². The Morgan fingerprint density at radius 3 is 2.55 bits per heavy atom. The highest BCUT2D eigenvalue weighted by molar-refractivity contribution is 7.85. The van der Waals surface area contributed by atoms with Gasteiger partial charge < -0.3 is 9.64 Å². The van der Waals surface area contributed by atoms with Crippen molar-refractivity contribution in [3.63, 3.8) is 0 Å². The van der Waals surface area contributed by atoms with Gasteiger partial charge in [0.25, 0.3) is 5.91 Å². The standard InChI is InChI=1S/C16H21NO4S/c1-3-22(20)14-9-5-4-8-13(14)16(19)21-12(2)15(18)17-10-6-7-11-17/h4-5,8-9,12H,3,6-7,10-11H2,1-2H3. The molecule has 0 radical (unpaired) electrons. The SMILES string of the molecule is CCS(=O)c1ccccc1C(=O)OC(C)C(=O)N1CCCC1. The van der Waals surface area contributed by atoms with Crippen LogP contribution in [0.25, 0.3) is 0 Å². The lowest BCUT2D eigenvalue weighted by Crippen LogP contribution is -2.38. The van der Waals surface area contributed by atoms with E-state index in [1.807, 2.05) is 0 Å². The molecule has 1 aliphatic heterocycles. The molecule has 1 aliphatic rings. The van der Waals surface area contributed by atoms with E-state index in [0.717, 1.165) is 25.9 Å². The number of likely N-dealkylation sites (tertiary alicyclic amines) is 1. The first-order valence-electron chi connectivity index (χ1n) is 7.51. The number of esters is 1. The van der Waals surface area contributed by atoms with E-state index in [0.29, 0.717) is 10.6 Å². The molecule has 2 rings (SSSR count). The molecule has 0 aromatic heterocycles. The normalized spacial score (nSPS) is 17.1. The summed E-state index contributed by atoms with van der Waals surface area (Å²) >= 11 is 0. The second-order valence-corrected chi connectivity index (χ2v) is 6.92. The third kappa shape index (κ3) is 3.74. The van der Waals surface area contributed by atoms with Crippen molar-refractivity contribution in [3.05, 3.63) is 29.8 Å². The van der Waals surface area contributed by atoms with Crippen molar-refractivity contribution in [3.8, 4) is 0 Å². The zero-order valence-electron chi connectivity index (χ0n) is 12.9. The summed E-state index contributed by atoms with van der Waals surface area (Å²) in [5, 5.41) is 0. The Morgan fingerprint density at radius 1 is 1.27 bits per heavy atom. The summed E-state index contributed by atoms with van der Waals surface area (Å²) in [6, 6.07) is 6.67. The quantitative estimate of drug-likeness (QED) is 0.777. The van der Waals surface area contributed by atoms with Crippen LogP contribution in [-0.2, 0) is 20.3 Å². The first-order valence-corrected chi connectivity index (χ1v) is 8.83. The van der Waals surface area contributed by atoms with Crippen molar-refractivity contribution in [1.29, 1.82) is 0 Å². The molecule has 1 amide bonds. The van der Waals surface area contributed by atoms with Gasteiger partial charge in [-0.25, -0.2) is 4.79 Å². The lowest BCUT2D eigenvalue weighted by Gasteiger charge is -2.20. The third-order valence-electron chi connectivity index (χ3n) is 3.66. The molecule has 2 atom stereocenters. The minimum absolute atomic E-state index is 0.167. The largest absolute Gasteiger partial charge is 0.449 e. The van der Waals surface area contributed by atoms with Crippen molar-refractivity contribution in [2.45, 2.75) is 37.7 Å². The summed E-state index contributed by atoms with van der Waals surface area (Å²) in [5.41, 5.74) is 0.267. The molecule has 0 saturated carbocycles. The summed E-state index contributed by atoms with van der Waals surface area (Å²) < 4.78 is 17.3. The number of ether oxygens (including phenoxy) is 1. The topological polar surface area (TPSA) is 63.7 Å². The predicted molar refractivity (Wildman–Crippen MR) is 84.1 cm³/mol. The van der Waals surface area contributed by atoms with Crippen LogP contribution in [0.4, 0.5) is 0 Å². The molecule has 22 heavy (non-hydrogen) atoms. The monoisotopic (exact) mass is 323 g/mol. The second-order valence-electron chi connectivity index (χ2n) is 5.21. The lowest BCUT2D eigenvalue weighted by molar-refractivity contribution is -0.138. The molecular weight excluding hydrogens is 302 g/mol. The van der Waals surface area contributed by atoms with Gasteiger partial charge in [0.2, 0.25) is 0 Å². The first kappa shape index (κ1) is 16.7. The molecule has 0 N–H and O–H groups in total. The van der Waals surface area contributed by atoms with Gasteiger partial charge in [-0.3, -0.25) is 9.00 Å². The third-order valence-corrected chi connectivity index (χ3v) is 5.03. The van der Waals surface area contributed by atoms with Crippen LogP contribution in [0.3, 0.4) is 0 Å². The van der Waals surface area contributed by atoms with Crippen molar-refractivity contribution in [2.75, 3.05) is 18.8 Å². The molecule has 1 heterocycles. The molecular formula is C16H21NO4S. The van der Waals surface area contributed by atoms with Crippen LogP contribution < -0.4 is 0 Å². The Bertz CT molecular complexity index is 581. The van der Waals surface area contributed by atoms with Gasteiger partial charge in [0.1, 0.15) is 0 Å². The molecule has 120 valence electrons. The minimum Gasteiger partial charge on any atom is -0.449 e. The highest BCUT2D eigenvalue weighted by Gasteiger charge is 2.27. The number of hydrogen-bond acceptors (Lipinski definition) is 4. The lowest BCUT2D eigenvalue weighted by atomic mass is 10.2. The van der Waals surface area contributed by atoms with E-state index in [-0.39, 0.29) is 11.5 Å². The Kier molecular flexibility index (Phi) is 5.71. The Labute approximate surface area is 133 Å². The number of carbonyl (C=O) groups is 2. The molecule has 0 spiro atoms. The average Bonchev–Trinajstić information content (AvgIpc) is 3.07. The van der Waals surface area contributed by atoms with Gasteiger partial charge >= 0.3 is 5.97 Å². The highest BCUT2D eigenvalue weighted by Crippen LogP contribution is 2.17. The Balaban J connectivity index is 2.08. The molecule has 1 aromatic rings. The summed E-state index contributed by atoms with van der Waals surface area (Å²) in [7, 11) is -1.25. The molecule has 6 heteroatoms. The summed E-state index contributed by atoms with van der Waals surface area (Å²) in [5.74, 6) is -0.343. The Morgan fingerprint density at radius 2 is 1.91 bits per heavy atom. The van der Waals surface area contributed by atoms with Crippen LogP contribution in [0, 0.1) is 0 Å². The number of amides is 1. The van der Waals surface area contributed by atoms with Crippen LogP contribution in [0.5, 0.6) is 0 Å². The van der Waals surface area contributed by atoms with Gasteiger partial charge in [-0.1, -0.05) is 19.1 Å². The van der Waals surface area contributed by atoms with E-state index in [1.165, 1.54) is 0 Å². The van der Waals surface area contributed by atoms with Gasteiger partial charge in [0, 0.05) is 18.8 Å². The minimum atomic E-state index is -1.25. The smallest absolute Gasteiger partial charge is 0.340 e. The zero-order valence-corrected chi connectivity index (χ0v) is 13.7. The van der Waals surface area contributed by atoms with Gasteiger partial charge in [0.15, 0.2) is 6.10 Å². The van der Waals surface area contributed by atoms with Crippen LogP contribution in [0.15, 0.2) is 29.2 Å². The summed E-state index contributed by atoms with van der Waals surface area (Å²) in [6.07, 6.45) is 1.16. The molecule has 5 nitrogen and oxygen atoms in total. The number of hydrogen-bond donors (Lipinski definition) is 0. The van der Waals surface area contributed by atoms with E-state index in [2.05, 4.69) is 0 Å². The maximum atomic E-state index is 12.3. The van der Waals surface area contributed by atoms with Gasteiger partial charge in [-0.05, 0) is 31.9 Å². The fourth-order valence-corrected chi connectivity index (χ4v) is 3.40. The molecule has 2 unspecified atom stereocenters. The summed E-state index contributed by atoms with van der Waals surface area (Å²) in [6.45, 7) is 4.81. The fourth-order valence-electron chi connectivity index (χ4n) is 2.46. The van der Waals surface area contributed by atoms with Crippen molar-refractivity contribution in [1.82, 2.24) is 4.90 Å². The first-order chi connectivity index (χ1) is 10.5. The number of benzene rings is 1. The predicted octanol–water partition coefficient (Wildman–Crippen LogP) is 1.98. The van der Waals surface area contributed by atoms with E-state index >= 15 is 0 Å². The number of rotatable bonds is 5. The van der Waals surface area contributed by atoms with Crippen molar-refractivity contribution in [2.24, 2.45) is 0 Å². The zero-order chi connectivity index (χ0) is 16.1. The van der Waals surface area contributed by atoms with Crippen LogP contribution >= 0.6 is 0 Å². The molecule has 1 saturated heterocycles. The van der Waals surface area contributed by atoms with Crippen LogP contribution in [0.2, 0.25) is 0 Å². The fraction of sp³-hybridized carbons (Fsp3) is 0.500. The van der Waals surface area contributed by atoms with Crippen molar-refractivity contribution >= 4 is 22.7 Å². The number of nitrogens with zero attached hydrogens (tertiary/aromatic N) is 1. The maximum absolute atomic E-state index is 12.3. The van der Waals surface area contributed by atoms with E-state index < -0.39 is 22.9 Å². The molecule has 0 aliphatic carbocycles. The van der Waals surface area contributed by atoms with E-state index in [4.69, 9.17) is 4.74 Å². The Hall–Kier alpha value is -1.69. The van der Waals surface area contributed by atoms with Gasteiger partial charge in [0.05, 0.1) is 21.3 Å². The molecule has 0 bridgehead atoms. The summed E-state index contributed by atoms with van der Waals surface area (Å²) in [4.78, 5) is 26.6. The van der Waals surface area contributed by atoms with E-state index in [1.54, 1.807) is 43.0 Å². The van der Waals surface area contributed by atoms with Crippen LogP contribution in [0.1, 0.15) is 37.0 Å². The molecule has 1 aromatic carbocycles. The van der Waals surface area contributed by atoms with Gasteiger partial charge in [-0.2, -0.15) is 0 Å². The van der Waals surface area contributed by atoms with Gasteiger partial charge in [-0.15, -0.1) is 0 Å². The second kappa shape index (κ2) is 7.54. The highest BCUT2D eigenvalue weighted by atomic mass is 32.2. The average molecular weight is 323 g/mol. The van der Waals surface area contributed by atoms with Crippen molar-refractivity contribution < 1.29 is 18.5 Å². The number of carbonyl (C=O) groups excluding carboxylic acids is 2. The molecule has 1 fully saturated rings. The van der Waals surface area contributed by atoms with E-state index in [9.17, 15) is 13.8 Å². The maximum Gasteiger partial charge on any atom is 0.340 e.